The number of nitrogens with zero attached hydrogens (tertiary/aromatic N) is 2. The van der Waals surface area contributed by atoms with Gasteiger partial charge in [-0.2, -0.15) is 0 Å². The first-order chi connectivity index (χ1) is 10.0. The summed E-state index contributed by atoms with van der Waals surface area (Å²) in [6.07, 6.45) is 1.58. The van der Waals surface area contributed by atoms with Crippen LogP contribution < -0.4 is 10.3 Å². The maximum atomic E-state index is 11.7. The highest BCUT2D eigenvalue weighted by Gasteiger charge is 2.23. The normalized spacial score (nSPS) is 16.0. The fourth-order valence-electron chi connectivity index (χ4n) is 2.44. The van der Waals surface area contributed by atoms with Gasteiger partial charge in [-0.1, -0.05) is 0 Å². The Morgan fingerprint density at radius 1 is 1.33 bits per heavy atom. The molecule has 0 saturated carbocycles. The first-order valence-electron chi connectivity index (χ1n) is 7.12. The third-order valence-corrected chi connectivity index (χ3v) is 3.84. The molecule has 1 fully saturated rings. The van der Waals surface area contributed by atoms with Crippen LogP contribution in [0.1, 0.15) is 18.5 Å². The molecule has 1 aromatic rings. The number of methoxy groups -OCH3 is 1. The van der Waals surface area contributed by atoms with E-state index in [4.69, 9.17) is 9.47 Å². The van der Waals surface area contributed by atoms with E-state index in [-0.39, 0.29) is 24.2 Å². The van der Waals surface area contributed by atoms with Crippen LogP contribution in [-0.2, 0) is 16.6 Å². The minimum atomic E-state index is -0.0716. The molecule has 0 spiro atoms. The maximum absolute atomic E-state index is 11.7. The van der Waals surface area contributed by atoms with Crippen molar-refractivity contribution in [2.24, 2.45) is 7.05 Å². The number of piperidine rings is 1. The second kappa shape index (κ2) is 6.76. The average molecular weight is 294 g/mol. The molecule has 0 aromatic carbocycles. The van der Waals surface area contributed by atoms with Gasteiger partial charge >= 0.3 is 0 Å². The smallest absolute Gasteiger partial charge is 0.254 e. The van der Waals surface area contributed by atoms with E-state index in [1.807, 2.05) is 13.0 Å². The zero-order valence-corrected chi connectivity index (χ0v) is 12.8. The summed E-state index contributed by atoms with van der Waals surface area (Å²) >= 11 is 0. The number of hydrogen-bond acceptors (Lipinski definition) is 4. The number of likely N-dealkylation sites (tertiary alicyclic amines) is 1. The van der Waals surface area contributed by atoms with Crippen molar-refractivity contribution in [3.8, 4) is 5.75 Å². The first kappa shape index (κ1) is 15.6. The van der Waals surface area contributed by atoms with Crippen molar-refractivity contribution in [1.29, 1.82) is 0 Å². The standard InChI is InChI=1S/C15H22N2O4/c1-11-8-13(9-14(18)16(11)2)21-12-4-6-17(7-5-12)15(19)10-20-3/h8-9,12H,4-7,10H2,1-3H3. The molecule has 0 N–H and O–H groups in total. The molecule has 0 bridgehead atoms. The number of hydrogen-bond donors (Lipinski definition) is 0. The van der Waals surface area contributed by atoms with Crippen LogP contribution in [0.15, 0.2) is 16.9 Å². The highest BCUT2D eigenvalue weighted by molar-refractivity contribution is 5.77. The van der Waals surface area contributed by atoms with Gasteiger partial charge in [0.2, 0.25) is 5.91 Å². The Morgan fingerprint density at radius 3 is 2.57 bits per heavy atom. The van der Waals surface area contributed by atoms with Gasteiger partial charge in [0.15, 0.2) is 0 Å². The number of amides is 1. The van der Waals surface area contributed by atoms with Gasteiger partial charge < -0.3 is 18.9 Å². The van der Waals surface area contributed by atoms with Crippen LogP contribution in [0.4, 0.5) is 0 Å². The maximum Gasteiger partial charge on any atom is 0.254 e. The van der Waals surface area contributed by atoms with E-state index in [1.54, 1.807) is 16.5 Å². The molecule has 1 saturated heterocycles. The second-order valence-electron chi connectivity index (χ2n) is 5.36. The number of pyridine rings is 1. The Kier molecular flexibility index (Phi) is 5.01. The predicted octanol–water partition coefficient (Wildman–Crippen LogP) is 0.710. The van der Waals surface area contributed by atoms with Crippen molar-refractivity contribution in [3.05, 3.63) is 28.2 Å². The molecule has 0 radical (unpaired) electrons. The lowest BCUT2D eigenvalue weighted by Gasteiger charge is -2.32. The molecule has 116 valence electrons. The van der Waals surface area contributed by atoms with Gasteiger partial charge in [0, 0.05) is 51.8 Å². The van der Waals surface area contributed by atoms with Crippen LogP contribution in [0.25, 0.3) is 0 Å². The van der Waals surface area contributed by atoms with Crippen LogP contribution in [0.2, 0.25) is 0 Å². The third-order valence-electron chi connectivity index (χ3n) is 3.84. The van der Waals surface area contributed by atoms with Crippen molar-refractivity contribution in [2.75, 3.05) is 26.8 Å². The molecule has 6 nitrogen and oxygen atoms in total. The van der Waals surface area contributed by atoms with Gasteiger partial charge in [-0.05, 0) is 13.0 Å². The van der Waals surface area contributed by atoms with E-state index in [0.717, 1.165) is 18.5 Å². The zero-order valence-electron chi connectivity index (χ0n) is 12.8. The molecule has 21 heavy (non-hydrogen) atoms. The van der Waals surface area contributed by atoms with Gasteiger partial charge in [-0.15, -0.1) is 0 Å². The summed E-state index contributed by atoms with van der Waals surface area (Å²) in [6.45, 7) is 3.33. The van der Waals surface area contributed by atoms with E-state index in [1.165, 1.54) is 13.2 Å². The number of carbonyl (C=O) groups excluding carboxylic acids is 1. The molecular weight excluding hydrogens is 272 g/mol. The first-order valence-corrected chi connectivity index (χ1v) is 7.12. The highest BCUT2D eigenvalue weighted by atomic mass is 16.5. The number of aromatic nitrogens is 1. The number of rotatable bonds is 4. The van der Waals surface area contributed by atoms with E-state index in [0.29, 0.717) is 18.8 Å². The van der Waals surface area contributed by atoms with Gasteiger partial charge in [-0.3, -0.25) is 9.59 Å². The minimum Gasteiger partial charge on any atom is -0.490 e. The van der Waals surface area contributed by atoms with Crippen LogP contribution in [0.5, 0.6) is 5.75 Å². The van der Waals surface area contributed by atoms with E-state index < -0.39 is 0 Å². The van der Waals surface area contributed by atoms with Crippen LogP contribution in [-0.4, -0.2) is 48.3 Å². The van der Waals surface area contributed by atoms with Gasteiger partial charge in [0.05, 0.1) is 0 Å². The molecule has 0 unspecified atom stereocenters. The molecule has 0 aliphatic carbocycles. The van der Waals surface area contributed by atoms with Crippen molar-refractivity contribution in [1.82, 2.24) is 9.47 Å². The fraction of sp³-hybridized carbons (Fsp3) is 0.600. The highest BCUT2D eigenvalue weighted by Crippen LogP contribution is 2.18. The molecule has 6 heteroatoms. The lowest BCUT2D eigenvalue weighted by atomic mass is 10.1. The van der Waals surface area contributed by atoms with Gasteiger partial charge in [-0.25, -0.2) is 0 Å². The predicted molar refractivity (Wildman–Crippen MR) is 78.5 cm³/mol. The molecule has 1 amide bonds. The van der Waals surface area contributed by atoms with Crippen molar-refractivity contribution in [2.45, 2.75) is 25.9 Å². The summed E-state index contributed by atoms with van der Waals surface area (Å²) in [4.78, 5) is 25.2. The summed E-state index contributed by atoms with van der Waals surface area (Å²) in [5.74, 6) is 0.623. The Bertz CT molecular complexity index is 559. The minimum absolute atomic E-state index is 0.0142. The Labute approximate surface area is 124 Å². The molecular formula is C15H22N2O4. The van der Waals surface area contributed by atoms with Crippen molar-refractivity contribution < 1.29 is 14.3 Å². The quantitative estimate of drug-likeness (QED) is 0.820. The van der Waals surface area contributed by atoms with Crippen LogP contribution >= 0.6 is 0 Å². The molecule has 1 aromatic heterocycles. The third kappa shape index (κ3) is 3.85. The van der Waals surface area contributed by atoms with Gasteiger partial charge in [0.1, 0.15) is 18.5 Å². The van der Waals surface area contributed by atoms with Gasteiger partial charge in [0.25, 0.3) is 5.56 Å². The van der Waals surface area contributed by atoms with Crippen LogP contribution in [0.3, 0.4) is 0 Å². The van der Waals surface area contributed by atoms with E-state index >= 15 is 0 Å². The van der Waals surface area contributed by atoms with E-state index in [2.05, 4.69) is 0 Å². The zero-order chi connectivity index (χ0) is 15.4. The summed E-state index contributed by atoms with van der Waals surface area (Å²) in [7, 11) is 3.26. The number of aryl methyl sites for hydroxylation is 1. The topological polar surface area (TPSA) is 60.8 Å². The van der Waals surface area contributed by atoms with Crippen LogP contribution in [0, 0.1) is 6.92 Å². The number of ether oxygens (including phenoxy) is 2. The Hall–Kier alpha value is -1.82. The lowest BCUT2D eigenvalue weighted by Crippen LogP contribution is -2.43. The molecule has 0 atom stereocenters. The summed E-state index contributed by atoms with van der Waals surface area (Å²) in [5.41, 5.74) is 0.794. The lowest BCUT2D eigenvalue weighted by molar-refractivity contribution is -0.136. The summed E-state index contributed by atoms with van der Waals surface area (Å²) < 4.78 is 12.3. The van der Waals surface area contributed by atoms with Crippen molar-refractivity contribution in [3.63, 3.8) is 0 Å². The summed E-state index contributed by atoms with van der Waals surface area (Å²) in [5, 5.41) is 0. The van der Waals surface area contributed by atoms with Crippen molar-refractivity contribution >= 4 is 5.91 Å². The Balaban J connectivity index is 1.92. The average Bonchev–Trinajstić information content (AvgIpc) is 2.45. The monoisotopic (exact) mass is 294 g/mol. The molecule has 2 heterocycles. The molecule has 2 rings (SSSR count). The molecule has 1 aliphatic rings. The second-order valence-corrected chi connectivity index (χ2v) is 5.36. The van der Waals surface area contributed by atoms with E-state index in [9.17, 15) is 9.59 Å². The fourth-order valence-corrected chi connectivity index (χ4v) is 2.44. The number of carbonyl (C=O) groups is 1. The SMILES string of the molecule is COCC(=O)N1CCC(Oc2cc(C)n(C)c(=O)c2)CC1. The Morgan fingerprint density at radius 2 is 2.00 bits per heavy atom. The summed E-state index contributed by atoms with van der Waals surface area (Å²) in [6, 6.07) is 3.37. The largest absolute Gasteiger partial charge is 0.490 e. The molecule has 1 aliphatic heterocycles.